The highest BCUT2D eigenvalue weighted by molar-refractivity contribution is 6.34. The first-order valence-electron chi connectivity index (χ1n) is 6.03. The number of nitrogens with one attached hydrogen (secondary N) is 1. The number of aromatic hydroxyl groups is 1. The van der Waals surface area contributed by atoms with Crippen LogP contribution in [0.5, 0.6) is 5.75 Å². The predicted molar refractivity (Wildman–Crippen MR) is 79.2 cm³/mol. The summed E-state index contributed by atoms with van der Waals surface area (Å²) < 4.78 is 0. The lowest BCUT2D eigenvalue weighted by Gasteiger charge is -2.11. The van der Waals surface area contributed by atoms with Crippen LogP contribution in [-0.2, 0) is 0 Å². The van der Waals surface area contributed by atoms with E-state index in [0.717, 1.165) is 0 Å². The van der Waals surface area contributed by atoms with Gasteiger partial charge in [-0.25, -0.2) is 4.79 Å². The number of aryl methyl sites for hydroxylation is 1. The van der Waals surface area contributed by atoms with E-state index in [9.17, 15) is 14.7 Å². The van der Waals surface area contributed by atoms with Gasteiger partial charge in [0.05, 0.1) is 16.3 Å². The molecular weight excluding hydrogens is 294 g/mol. The van der Waals surface area contributed by atoms with Crippen LogP contribution in [0, 0.1) is 6.92 Å². The van der Waals surface area contributed by atoms with Crippen LogP contribution in [0.4, 0.5) is 5.69 Å². The van der Waals surface area contributed by atoms with Crippen LogP contribution < -0.4 is 5.32 Å². The Balaban J connectivity index is 2.39. The number of hydrogen-bond acceptors (Lipinski definition) is 3. The number of rotatable bonds is 3. The molecule has 0 unspecified atom stereocenters. The number of carboxylic acids is 1. The van der Waals surface area contributed by atoms with Crippen molar-refractivity contribution in [3.8, 4) is 5.75 Å². The lowest BCUT2D eigenvalue weighted by molar-refractivity contribution is 0.0698. The lowest BCUT2D eigenvalue weighted by atomic mass is 10.1. The Morgan fingerprint density at radius 1 is 1.14 bits per heavy atom. The van der Waals surface area contributed by atoms with Crippen molar-refractivity contribution in [1.82, 2.24) is 0 Å². The monoisotopic (exact) mass is 305 g/mol. The van der Waals surface area contributed by atoms with Gasteiger partial charge in [0, 0.05) is 0 Å². The molecule has 3 N–H and O–H groups in total. The van der Waals surface area contributed by atoms with Crippen molar-refractivity contribution >= 4 is 29.2 Å². The van der Waals surface area contributed by atoms with Gasteiger partial charge in [0.2, 0.25) is 0 Å². The largest absolute Gasteiger partial charge is 0.507 e. The van der Waals surface area contributed by atoms with E-state index in [1.165, 1.54) is 24.3 Å². The molecule has 0 saturated carbocycles. The molecule has 2 aromatic carbocycles. The molecule has 0 saturated heterocycles. The van der Waals surface area contributed by atoms with Gasteiger partial charge in [-0.3, -0.25) is 4.79 Å². The zero-order valence-corrected chi connectivity index (χ0v) is 11.8. The van der Waals surface area contributed by atoms with E-state index in [2.05, 4.69) is 5.32 Å². The fourth-order valence-corrected chi connectivity index (χ4v) is 2.13. The van der Waals surface area contributed by atoms with Gasteiger partial charge in [0.15, 0.2) is 0 Å². The predicted octanol–water partition coefficient (Wildman–Crippen LogP) is 3.30. The first-order chi connectivity index (χ1) is 9.91. The Bertz CT molecular complexity index is 728. The third kappa shape index (κ3) is 2.98. The van der Waals surface area contributed by atoms with Crippen molar-refractivity contribution in [3.63, 3.8) is 0 Å². The molecule has 0 fully saturated rings. The van der Waals surface area contributed by atoms with Crippen LogP contribution in [0.1, 0.15) is 26.3 Å². The molecule has 0 spiro atoms. The molecule has 1 amide bonds. The van der Waals surface area contributed by atoms with E-state index >= 15 is 0 Å². The summed E-state index contributed by atoms with van der Waals surface area (Å²) in [5.74, 6) is -2.00. The second-order valence-corrected chi connectivity index (χ2v) is 4.80. The molecule has 0 atom stereocenters. The Hall–Kier alpha value is -2.53. The number of hydrogen-bond donors (Lipinski definition) is 3. The van der Waals surface area contributed by atoms with Crippen LogP contribution in [-0.4, -0.2) is 22.1 Å². The van der Waals surface area contributed by atoms with Gasteiger partial charge in [-0.1, -0.05) is 29.8 Å². The molecule has 0 aliphatic carbocycles. The number of phenolic OH excluding ortho intramolecular Hbond substituents is 1. The average Bonchev–Trinajstić information content (AvgIpc) is 2.41. The quantitative estimate of drug-likeness (QED) is 0.812. The molecular formula is C15H12ClNO4. The van der Waals surface area contributed by atoms with E-state index in [0.29, 0.717) is 5.56 Å². The summed E-state index contributed by atoms with van der Waals surface area (Å²) in [5.41, 5.74) is 0.485. The van der Waals surface area contributed by atoms with Gasteiger partial charge in [-0.2, -0.15) is 0 Å². The molecule has 0 radical (unpaired) electrons. The summed E-state index contributed by atoms with van der Waals surface area (Å²) in [7, 11) is 0. The zero-order valence-electron chi connectivity index (χ0n) is 11.1. The standard InChI is InChI=1S/C15H12ClNO4/c1-8-4-2-5-9(13(8)18)14(19)17-11-7-3-6-10(16)12(11)15(20)21/h2-7,18H,1H3,(H,17,19)(H,20,21). The second-order valence-electron chi connectivity index (χ2n) is 4.39. The number of phenols is 1. The summed E-state index contributed by atoms with van der Waals surface area (Å²) in [6.45, 7) is 1.66. The summed E-state index contributed by atoms with van der Waals surface area (Å²) >= 11 is 5.83. The maximum atomic E-state index is 12.2. The fraction of sp³-hybridized carbons (Fsp3) is 0.0667. The van der Waals surface area contributed by atoms with E-state index in [1.807, 2.05) is 0 Å². The van der Waals surface area contributed by atoms with E-state index in [-0.39, 0.29) is 27.6 Å². The second kappa shape index (κ2) is 5.85. The molecule has 108 valence electrons. The molecule has 0 aromatic heterocycles. The van der Waals surface area contributed by atoms with Crippen molar-refractivity contribution < 1.29 is 19.8 Å². The highest BCUT2D eigenvalue weighted by atomic mass is 35.5. The molecule has 21 heavy (non-hydrogen) atoms. The third-order valence-electron chi connectivity index (χ3n) is 2.96. The van der Waals surface area contributed by atoms with Crippen LogP contribution in [0.25, 0.3) is 0 Å². The molecule has 5 nitrogen and oxygen atoms in total. The minimum atomic E-state index is -1.25. The van der Waals surface area contributed by atoms with Gasteiger partial charge in [-0.05, 0) is 30.7 Å². The van der Waals surface area contributed by atoms with Crippen molar-refractivity contribution in [2.45, 2.75) is 6.92 Å². The summed E-state index contributed by atoms with van der Waals surface area (Å²) in [6.07, 6.45) is 0. The highest BCUT2D eigenvalue weighted by Gasteiger charge is 2.18. The van der Waals surface area contributed by atoms with Gasteiger partial charge < -0.3 is 15.5 Å². The van der Waals surface area contributed by atoms with E-state index < -0.39 is 11.9 Å². The molecule has 0 aliphatic rings. The van der Waals surface area contributed by atoms with Gasteiger partial charge in [-0.15, -0.1) is 0 Å². The zero-order chi connectivity index (χ0) is 15.6. The topological polar surface area (TPSA) is 86.6 Å². The normalized spacial score (nSPS) is 10.2. The molecule has 6 heteroatoms. The van der Waals surface area contributed by atoms with Crippen molar-refractivity contribution in [2.24, 2.45) is 0 Å². The average molecular weight is 306 g/mol. The first-order valence-corrected chi connectivity index (χ1v) is 6.41. The summed E-state index contributed by atoms with van der Waals surface area (Å²) in [5, 5.41) is 21.5. The van der Waals surface area contributed by atoms with E-state index in [4.69, 9.17) is 16.7 Å². The maximum Gasteiger partial charge on any atom is 0.339 e. The number of carboxylic acid groups (broad SMARTS) is 1. The van der Waals surface area contributed by atoms with Crippen molar-refractivity contribution in [3.05, 3.63) is 58.1 Å². The van der Waals surface area contributed by atoms with Gasteiger partial charge in [0.25, 0.3) is 5.91 Å². The Morgan fingerprint density at radius 3 is 2.48 bits per heavy atom. The van der Waals surface area contributed by atoms with Crippen molar-refractivity contribution in [2.75, 3.05) is 5.32 Å². The van der Waals surface area contributed by atoms with Crippen LogP contribution in [0.3, 0.4) is 0 Å². The molecule has 0 heterocycles. The number of amides is 1. The maximum absolute atomic E-state index is 12.2. The number of anilines is 1. The number of para-hydroxylation sites is 1. The van der Waals surface area contributed by atoms with E-state index in [1.54, 1.807) is 19.1 Å². The molecule has 0 aliphatic heterocycles. The van der Waals surface area contributed by atoms with Crippen LogP contribution in [0.2, 0.25) is 5.02 Å². The van der Waals surface area contributed by atoms with Crippen molar-refractivity contribution in [1.29, 1.82) is 0 Å². The third-order valence-corrected chi connectivity index (χ3v) is 3.27. The first kappa shape index (κ1) is 14.9. The SMILES string of the molecule is Cc1cccc(C(=O)Nc2cccc(Cl)c2C(=O)O)c1O. The Labute approximate surface area is 125 Å². The minimum absolute atomic E-state index is 0.0220. The lowest BCUT2D eigenvalue weighted by Crippen LogP contribution is -2.15. The number of aromatic carboxylic acids is 1. The van der Waals surface area contributed by atoms with Crippen LogP contribution in [0.15, 0.2) is 36.4 Å². The Morgan fingerprint density at radius 2 is 1.81 bits per heavy atom. The molecule has 2 rings (SSSR count). The molecule has 0 bridgehead atoms. The number of benzene rings is 2. The minimum Gasteiger partial charge on any atom is -0.507 e. The summed E-state index contributed by atoms with van der Waals surface area (Å²) in [6, 6.07) is 9.11. The summed E-state index contributed by atoms with van der Waals surface area (Å²) in [4.78, 5) is 23.4. The highest BCUT2D eigenvalue weighted by Crippen LogP contribution is 2.27. The smallest absolute Gasteiger partial charge is 0.339 e. The van der Waals surface area contributed by atoms with Crippen LogP contribution >= 0.6 is 11.6 Å². The number of carbonyl (C=O) groups is 2. The Kier molecular flexibility index (Phi) is 4.14. The molecule has 2 aromatic rings. The number of halogens is 1. The number of carbonyl (C=O) groups excluding carboxylic acids is 1. The van der Waals surface area contributed by atoms with Gasteiger partial charge in [0.1, 0.15) is 11.3 Å². The van der Waals surface area contributed by atoms with Gasteiger partial charge >= 0.3 is 5.97 Å². The fourth-order valence-electron chi connectivity index (χ4n) is 1.88.